The molecule has 0 aromatic heterocycles. The van der Waals surface area contributed by atoms with Crippen LogP contribution in [0.25, 0.3) is 17.2 Å². The molecule has 0 amide bonds. The van der Waals surface area contributed by atoms with Gasteiger partial charge in [0, 0.05) is 22.2 Å². The van der Waals surface area contributed by atoms with E-state index in [0.29, 0.717) is 5.56 Å². The van der Waals surface area contributed by atoms with Gasteiger partial charge in [-0.1, -0.05) is 41.9 Å². The first-order valence-electron chi connectivity index (χ1n) is 6.32. The Bertz CT molecular complexity index is 754. The maximum absolute atomic E-state index is 12.5. The molecule has 0 saturated heterocycles. The number of carboxylic acids is 1. The highest BCUT2D eigenvalue weighted by Crippen LogP contribution is 2.37. The Labute approximate surface area is 134 Å². The van der Waals surface area contributed by atoms with Crippen molar-refractivity contribution in [3.8, 4) is 16.9 Å². The Kier molecular flexibility index (Phi) is 4.95. The lowest BCUT2D eigenvalue weighted by Crippen LogP contribution is -2.17. The minimum Gasteiger partial charge on any atom is -0.478 e. The van der Waals surface area contributed by atoms with Crippen molar-refractivity contribution in [2.75, 3.05) is 0 Å². The molecule has 0 fully saturated rings. The fourth-order valence-electron chi connectivity index (χ4n) is 2.00. The maximum atomic E-state index is 12.5. The summed E-state index contributed by atoms with van der Waals surface area (Å²) in [5.41, 5.74) is 0.766. The molecule has 120 valence electrons. The number of halogens is 4. The quantitative estimate of drug-likeness (QED) is 0.795. The van der Waals surface area contributed by atoms with E-state index in [1.54, 1.807) is 12.1 Å². The Morgan fingerprint density at radius 2 is 1.74 bits per heavy atom. The monoisotopic (exact) mass is 342 g/mol. The number of carbonyl (C=O) groups is 1. The van der Waals surface area contributed by atoms with Crippen LogP contribution in [0.15, 0.2) is 48.5 Å². The molecule has 3 nitrogen and oxygen atoms in total. The number of ether oxygens (including phenoxy) is 1. The second kappa shape index (κ2) is 6.75. The first kappa shape index (κ1) is 16.9. The highest BCUT2D eigenvalue weighted by molar-refractivity contribution is 6.32. The molecule has 0 spiro atoms. The van der Waals surface area contributed by atoms with Crippen LogP contribution in [-0.4, -0.2) is 17.4 Å². The summed E-state index contributed by atoms with van der Waals surface area (Å²) in [6, 6.07) is 10.2. The molecule has 0 radical (unpaired) electrons. The summed E-state index contributed by atoms with van der Waals surface area (Å²) >= 11 is 6.04. The smallest absolute Gasteiger partial charge is 0.478 e. The van der Waals surface area contributed by atoms with Gasteiger partial charge < -0.3 is 9.84 Å². The molecular weight excluding hydrogens is 333 g/mol. The number of rotatable bonds is 4. The summed E-state index contributed by atoms with van der Waals surface area (Å²) in [5.74, 6) is -1.59. The van der Waals surface area contributed by atoms with Gasteiger partial charge in [0.1, 0.15) is 5.75 Å². The second-order valence-electron chi connectivity index (χ2n) is 4.42. The van der Waals surface area contributed by atoms with Crippen molar-refractivity contribution in [1.82, 2.24) is 0 Å². The van der Waals surface area contributed by atoms with E-state index in [1.807, 2.05) is 0 Å². The molecule has 0 atom stereocenters. The van der Waals surface area contributed by atoms with E-state index < -0.39 is 18.1 Å². The van der Waals surface area contributed by atoms with Crippen LogP contribution in [0.5, 0.6) is 5.75 Å². The maximum Gasteiger partial charge on any atom is 0.573 e. The number of aliphatic carboxylic acids is 1. The first-order chi connectivity index (χ1) is 10.8. The van der Waals surface area contributed by atoms with Crippen LogP contribution < -0.4 is 4.74 Å². The lowest BCUT2D eigenvalue weighted by Gasteiger charge is -2.15. The van der Waals surface area contributed by atoms with Gasteiger partial charge in [0.15, 0.2) is 0 Å². The van der Waals surface area contributed by atoms with Gasteiger partial charge in [0.25, 0.3) is 0 Å². The Morgan fingerprint density at radius 1 is 1.09 bits per heavy atom. The van der Waals surface area contributed by atoms with Crippen molar-refractivity contribution in [3.63, 3.8) is 0 Å². The van der Waals surface area contributed by atoms with Crippen LogP contribution in [0.3, 0.4) is 0 Å². The lowest BCUT2D eigenvalue weighted by molar-refractivity contribution is -0.274. The van der Waals surface area contributed by atoms with Gasteiger partial charge in [0.05, 0.1) is 0 Å². The SMILES string of the molecule is O=C(O)/C=C/c1c(Cl)cccc1-c1ccccc1OC(F)(F)F. The van der Waals surface area contributed by atoms with Crippen molar-refractivity contribution in [2.45, 2.75) is 6.36 Å². The number of carboxylic acid groups (broad SMARTS) is 1. The average molecular weight is 343 g/mol. The number of para-hydroxylation sites is 1. The molecule has 0 aliphatic carbocycles. The molecular formula is C16H10ClF3O3. The van der Waals surface area contributed by atoms with Gasteiger partial charge in [-0.05, 0) is 23.8 Å². The van der Waals surface area contributed by atoms with E-state index in [9.17, 15) is 18.0 Å². The van der Waals surface area contributed by atoms with Gasteiger partial charge in [-0.25, -0.2) is 4.79 Å². The van der Waals surface area contributed by atoms with Crippen molar-refractivity contribution in [2.24, 2.45) is 0 Å². The topological polar surface area (TPSA) is 46.5 Å². The average Bonchev–Trinajstić information content (AvgIpc) is 2.44. The van der Waals surface area contributed by atoms with Gasteiger partial charge in [-0.2, -0.15) is 0 Å². The summed E-state index contributed by atoms with van der Waals surface area (Å²) in [6.07, 6.45) is -2.76. The van der Waals surface area contributed by atoms with Gasteiger partial charge in [-0.3, -0.25) is 0 Å². The van der Waals surface area contributed by atoms with E-state index in [2.05, 4.69) is 4.74 Å². The van der Waals surface area contributed by atoms with Crippen molar-refractivity contribution < 1.29 is 27.8 Å². The third kappa shape index (κ3) is 4.50. The number of alkyl halides is 3. The van der Waals surface area contributed by atoms with E-state index in [0.717, 1.165) is 6.08 Å². The molecule has 0 aliphatic heterocycles. The van der Waals surface area contributed by atoms with Crippen LogP contribution in [0.4, 0.5) is 13.2 Å². The first-order valence-corrected chi connectivity index (χ1v) is 6.70. The minimum atomic E-state index is -4.84. The van der Waals surface area contributed by atoms with Gasteiger partial charge >= 0.3 is 12.3 Å². The van der Waals surface area contributed by atoms with Crippen LogP contribution in [0, 0.1) is 0 Å². The lowest BCUT2D eigenvalue weighted by atomic mass is 9.98. The molecule has 7 heteroatoms. The van der Waals surface area contributed by atoms with Crippen molar-refractivity contribution in [3.05, 3.63) is 59.1 Å². The molecule has 2 aromatic carbocycles. The van der Waals surface area contributed by atoms with Crippen molar-refractivity contribution >= 4 is 23.6 Å². The standard InChI is InChI=1S/C16H10ClF3O3/c17-13-6-3-5-10(11(13)8-9-15(21)22)12-4-1-2-7-14(12)23-16(18,19)20/h1-9H,(H,21,22)/b9-8+. The van der Waals surface area contributed by atoms with E-state index in [-0.39, 0.29) is 16.1 Å². The Hall–Kier alpha value is -2.47. The third-order valence-electron chi connectivity index (χ3n) is 2.85. The molecule has 0 saturated carbocycles. The molecule has 0 aliphatic rings. The minimum absolute atomic E-state index is 0.150. The van der Waals surface area contributed by atoms with Crippen LogP contribution in [0.2, 0.25) is 5.02 Å². The zero-order valence-corrected chi connectivity index (χ0v) is 12.2. The van der Waals surface area contributed by atoms with E-state index in [4.69, 9.17) is 16.7 Å². The summed E-state index contributed by atoms with van der Waals surface area (Å²) in [7, 11) is 0. The summed E-state index contributed by atoms with van der Waals surface area (Å²) < 4.78 is 41.6. The van der Waals surface area contributed by atoms with Gasteiger partial charge in [0.2, 0.25) is 0 Å². The largest absolute Gasteiger partial charge is 0.573 e. The molecule has 23 heavy (non-hydrogen) atoms. The fraction of sp³-hybridized carbons (Fsp3) is 0.0625. The molecule has 2 aromatic rings. The molecule has 0 heterocycles. The number of hydrogen-bond acceptors (Lipinski definition) is 2. The van der Waals surface area contributed by atoms with E-state index in [1.165, 1.54) is 36.4 Å². The molecule has 0 unspecified atom stereocenters. The zero-order chi connectivity index (χ0) is 17.0. The Balaban J connectivity index is 2.59. The molecule has 1 N–H and O–H groups in total. The Morgan fingerprint density at radius 3 is 2.39 bits per heavy atom. The number of hydrogen-bond donors (Lipinski definition) is 1. The summed E-state index contributed by atoms with van der Waals surface area (Å²) in [4.78, 5) is 10.7. The zero-order valence-electron chi connectivity index (χ0n) is 11.5. The molecule has 0 bridgehead atoms. The third-order valence-corrected chi connectivity index (χ3v) is 3.18. The highest BCUT2D eigenvalue weighted by atomic mass is 35.5. The van der Waals surface area contributed by atoms with Crippen LogP contribution >= 0.6 is 11.6 Å². The normalized spacial score (nSPS) is 11.7. The van der Waals surface area contributed by atoms with E-state index >= 15 is 0 Å². The van der Waals surface area contributed by atoms with Gasteiger partial charge in [-0.15, -0.1) is 13.2 Å². The summed E-state index contributed by atoms with van der Waals surface area (Å²) in [5, 5.41) is 8.94. The van der Waals surface area contributed by atoms with Crippen LogP contribution in [0.1, 0.15) is 5.56 Å². The summed E-state index contributed by atoms with van der Waals surface area (Å²) in [6.45, 7) is 0. The van der Waals surface area contributed by atoms with Crippen LogP contribution in [-0.2, 0) is 4.79 Å². The predicted octanol–water partition coefficient (Wildman–Crippen LogP) is 5.00. The second-order valence-corrected chi connectivity index (χ2v) is 4.82. The van der Waals surface area contributed by atoms with Crippen molar-refractivity contribution in [1.29, 1.82) is 0 Å². The predicted molar refractivity (Wildman–Crippen MR) is 80.2 cm³/mol. The molecule has 2 rings (SSSR count). The fourth-order valence-corrected chi connectivity index (χ4v) is 2.24. The highest BCUT2D eigenvalue weighted by Gasteiger charge is 2.32. The number of benzene rings is 2.